The molecule has 2 heterocycles. The topological polar surface area (TPSA) is 71.5 Å². The largest absolute Gasteiger partial charge is 0.449 e. The summed E-state index contributed by atoms with van der Waals surface area (Å²) >= 11 is 12.1. The number of aromatic nitrogens is 1. The first-order valence-corrected chi connectivity index (χ1v) is 11.8. The highest BCUT2D eigenvalue weighted by molar-refractivity contribution is 6.35. The number of amides is 1. The Morgan fingerprint density at radius 1 is 1.15 bits per heavy atom. The molecule has 1 aliphatic heterocycles. The number of nitrogens with zero attached hydrogens (tertiary/aromatic N) is 2. The number of hydrogen-bond donors (Lipinski definition) is 1. The number of rotatable bonds is 6. The van der Waals surface area contributed by atoms with Crippen molar-refractivity contribution in [3.05, 3.63) is 69.3 Å². The minimum atomic E-state index is -0.969. The van der Waals surface area contributed by atoms with Gasteiger partial charge in [-0.3, -0.25) is 14.7 Å². The van der Waals surface area contributed by atoms with E-state index >= 15 is 0 Å². The lowest BCUT2D eigenvalue weighted by molar-refractivity contribution is -0.124. The monoisotopic (exact) mass is 485 g/mol. The smallest absolute Gasteiger partial charge is 0.340 e. The number of halogens is 2. The van der Waals surface area contributed by atoms with Gasteiger partial charge in [-0.15, -0.1) is 0 Å². The fraction of sp³-hybridized carbons (Fsp3) is 0.320. The van der Waals surface area contributed by atoms with E-state index in [1.54, 1.807) is 25.1 Å². The molecule has 1 unspecified atom stereocenters. The van der Waals surface area contributed by atoms with Gasteiger partial charge in [0, 0.05) is 51.9 Å². The SMILES string of the molecule is CCC(OC(=O)c1c2c(nc3ccccc13)CCN(CC)C2)C(=O)Nc1cc(Cl)cc(Cl)c1. The summed E-state index contributed by atoms with van der Waals surface area (Å²) in [6.07, 6.45) is 0.114. The number of likely N-dealkylation sites (N-methyl/N-ethyl adjacent to an activating group) is 1. The molecular formula is C25H25Cl2N3O3. The second-order valence-corrected chi connectivity index (χ2v) is 8.87. The van der Waals surface area contributed by atoms with Crippen LogP contribution >= 0.6 is 23.2 Å². The zero-order chi connectivity index (χ0) is 23.5. The Bertz CT molecular complexity index is 1190. The van der Waals surface area contributed by atoms with Crippen LogP contribution in [0.3, 0.4) is 0 Å². The fourth-order valence-corrected chi connectivity index (χ4v) is 4.63. The number of hydrogen-bond acceptors (Lipinski definition) is 5. The quantitative estimate of drug-likeness (QED) is 0.467. The van der Waals surface area contributed by atoms with Gasteiger partial charge in [-0.25, -0.2) is 4.79 Å². The van der Waals surface area contributed by atoms with Gasteiger partial charge < -0.3 is 10.1 Å². The van der Waals surface area contributed by atoms with Crippen LogP contribution in [0.4, 0.5) is 5.69 Å². The minimum absolute atomic E-state index is 0.318. The molecular weight excluding hydrogens is 461 g/mol. The van der Waals surface area contributed by atoms with Gasteiger partial charge in [0.2, 0.25) is 0 Å². The van der Waals surface area contributed by atoms with Crippen molar-refractivity contribution in [3.63, 3.8) is 0 Å². The zero-order valence-corrected chi connectivity index (χ0v) is 20.0. The molecule has 1 aromatic heterocycles. The molecule has 33 heavy (non-hydrogen) atoms. The molecule has 0 radical (unpaired) electrons. The van der Waals surface area contributed by atoms with E-state index in [1.165, 1.54) is 0 Å². The predicted molar refractivity (Wildman–Crippen MR) is 131 cm³/mol. The number of nitrogens with one attached hydrogen (secondary N) is 1. The predicted octanol–water partition coefficient (Wildman–Crippen LogP) is 5.49. The number of esters is 1. The van der Waals surface area contributed by atoms with Gasteiger partial charge >= 0.3 is 5.97 Å². The molecule has 0 saturated heterocycles. The Hall–Kier alpha value is -2.67. The lowest BCUT2D eigenvalue weighted by atomic mass is 9.95. The fourth-order valence-electron chi connectivity index (χ4n) is 4.11. The molecule has 0 spiro atoms. The number of ether oxygens (including phenoxy) is 1. The molecule has 4 rings (SSSR count). The van der Waals surface area contributed by atoms with Crippen molar-refractivity contribution in [2.24, 2.45) is 0 Å². The highest BCUT2D eigenvalue weighted by atomic mass is 35.5. The Balaban J connectivity index is 1.64. The Kier molecular flexibility index (Phi) is 7.17. The summed E-state index contributed by atoms with van der Waals surface area (Å²) in [6.45, 7) is 6.28. The van der Waals surface area contributed by atoms with E-state index in [2.05, 4.69) is 17.1 Å². The Morgan fingerprint density at radius 2 is 1.88 bits per heavy atom. The lowest BCUT2D eigenvalue weighted by Crippen LogP contribution is -2.35. The van der Waals surface area contributed by atoms with Crippen LogP contribution in [0.15, 0.2) is 42.5 Å². The maximum absolute atomic E-state index is 13.5. The van der Waals surface area contributed by atoms with E-state index in [9.17, 15) is 9.59 Å². The van der Waals surface area contributed by atoms with Gasteiger partial charge in [0.05, 0.1) is 11.1 Å². The van der Waals surface area contributed by atoms with Crippen LogP contribution in [0.5, 0.6) is 0 Å². The van der Waals surface area contributed by atoms with E-state index in [4.69, 9.17) is 32.9 Å². The minimum Gasteiger partial charge on any atom is -0.449 e. The average molecular weight is 486 g/mol. The van der Waals surface area contributed by atoms with Gasteiger partial charge in [0.15, 0.2) is 6.10 Å². The summed E-state index contributed by atoms with van der Waals surface area (Å²) in [4.78, 5) is 33.4. The van der Waals surface area contributed by atoms with Crippen LogP contribution in [-0.4, -0.2) is 41.0 Å². The van der Waals surface area contributed by atoms with Crippen molar-refractivity contribution in [3.8, 4) is 0 Å². The first-order chi connectivity index (χ1) is 15.9. The zero-order valence-electron chi connectivity index (χ0n) is 18.5. The lowest BCUT2D eigenvalue weighted by Gasteiger charge is -2.29. The van der Waals surface area contributed by atoms with Gasteiger partial charge in [-0.05, 0) is 37.2 Å². The summed E-state index contributed by atoms with van der Waals surface area (Å²) in [5.74, 6) is -0.958. The van der Waals surface area contributed by atoms with E-state index in [1.807, 2.05) is 24.3 Å². The number of anilines is 1. The summed E-state index contributed by atoms with van der Waals surface area (Å²) in [6, 6.07) is 12.3. The standard InChI is InChI=1S/C25H25Cl2N3O3/c1-3-22(24(31)28-17-12-15(26)11-16(27)13-17)33-25(32)23-18-7-5-6-8-20(18)29-21-9-10-30(4-2)14-19(21)23/h5-8,11-13,22H,3-4,9-10,14H2,1-2H3,(H,28,31). The van der Waals surface area contributed by atoms with Crippen molar-refractivity contribution < 1.29 is 14.3 Å². The normalized spacial score (nSPS) is 14.5. The van der Waals surface area contributed by atoms with E-state index < -0.39 is 18.0 Å². The number of pyridine rings is 1. The Morgan fingerprint density at radius 3 is 2.58 bits per heavy atom. The van der Waals surface area contributed by atoms with Crippen LogP contribution < -0.4 is 5.32 Å². The summed E-state index contributed by atoms with van der Waals surface area (Å²) in [5.41, 5.74) is 3.47. The molecule has 1 atom stereocenters. The third-order valence-corrected chi connectivity index (χ3v) is 6.26. The molecule has 2 aromatic carbocycles. The van der Waals surface area contributed by atoms with Crippen LogP contribution in [0.1, 0.15) is 41.9 Å². The highest BCUT2D eigenvalue weighted by Gasteiger charge is 2.29. The maximum Gasteiger partial charge on any atom is 0.340 e. The molecule has 1 amide bonds. The van der Waals surface area contributed by atoms with E-state index in [0.29, 0.717) is 34.3 Å². The molecule has 0 fully saturated rings. The second kappa shape index (κ2) is 10.1. The maximum atomic E-state index is 13.5. The van der Waals surface area contributed by atoms with Crippen LogP contribution in [-0.2, 0) is 22.5 Å². The number of carbonyl (C=O) groups is 2. The van der Waals surface area contributed by atoms with E-state index in [-0.39, 0.29) is 0 Å². The molecule has 1 N–H and O–H groups in total. The first kappa shape index (κ1) is 23.5. The highest BCUT2D eigenvalue weighted by Crippen LogP contribution is 2.29. The molecule has 3 aromatic rings. The second-order valence-electron chi connectivity index (χ2n) is 8.00. The average Bonchev–Trinajstić information content (AvgIpc) is 2.79. The van der Waals surface area contributed by atoms with Gasteiger partial charge in [0.1, 0.15) is 0 Å². The summed E-state index contributed by atoms with van der Waals surface area (Å²) in [5, 5.41) is 4.28. The first-order valence-electron chi connectivity index (χ1n) is 11.0. The number of para-hydroxylation sites is 1. The molecule has 172 valence electrons. The van der Waals surface area contributed by atoms with Gasteiger partial charge in [0.25, 0.3) is 5.91 Å². The van der Waals surface area contributed by atoms with Crippen molar-refractivity contribution in [1.29, 1.82) is 0 Å². The molecule has 0 saturated carbocycles. The third-order valence-electron chi connectivity index (χ3n) is 5.82. The van der Waals surface area contributed by atoms with Gasteiger partial charge in [-0.1, -0.05) is 55.2 Å². The molecule has 8 heteroatoms. The number of benzene rings is 2. The van der Waals surface area contributed by atoms with Crippen LogP contribution in [0, 0.1) is 0 Å². The van der Waals surface area contributed by atoms with Crippen LogP contribution in [0.2, 0.25) is 10.0 Å². The molecule has 1 aliphatic rings. The molecule has 0 aliphatic carbocycles. The van der Waals surface area contributed by atoms with Crippen molar-refractivity contribution in [2.45, 2.75) is 39.3 Å². The molecule has 6 nitrogen and oxygen atoms in total. The van der Waals surface area contributed by atoms with Gasteiger partial charge in [-0.2, -0.15) is 0 Å². The Labute approximate surface area is 202 Å². The van der Waals surface area contributed by atoms with E-state index in [0.717, 1.165) is 41.7 Å². The van der Waals surface area contributed by atoms with Crippen LogP contribution in [0.25, 0.3) is 10.9 Å². The number of fused-ring (bicyclic) bond motifs is 2. The van der Waals surface area contributed by atoms with Crippen molar-refractivity contribution in [2.75, 3.05) is 18.4 Å². The third kappa shape index (κ3) is 5.13. The molecule has 0 bridgehead atoms. The summed E-state index contributed by atoms with van der Waals surface area (Å²) < 4.78 is 5.76. The van der Waals surface area contributed by atoms with Crippen molar-refractivity contribution in [1.82, 2.24) is 9.88 Å². The summed E-state index contributed by atoms with van der Waals surface area (Å²) in [7, 11) is 0. The van der Waals surface area contributed by atoms with Crippen molar-refractivity contribution >= 4 is 51.7 Å². The number of carbonyl (C=O) groups excluding carboxylic acids is 2.